The Morgan fingerprint density at radius 1 is 1.17 bits per heavy atom. The number of carbonyl (C=O) groups is 2. The first kappa shape index (κ1) is 17.7. The van der Waals surface area contributed by atoms with Crippen molar-refractivity contribution >= 4 is 54.6 Å². The highest BCUT2D eigenvalue weighted by Gasteiger charge is 2.29. The van der Waals surface area contributed by atoms with Gasteiger partial charge in [0, 0.05) is 4.47 Å². The van der Waals surface area contributed by atoms with Crippen molar-refractivity contribution in [3.05, 3.63) is 39.3 Å². The molecule has 2 atom stereocenters. The molecule has 0 aliphatic rings. The van der Waals surface area contributed by atoms with E-state index in [0.29, 0.717) is 10.2 Å². The van der Waals surface area contributed by atoms with Gasteiger partial charge in [-0.25, -0.2) is 0 Å². The Bertz CT molecular complexity index is 765. The second-order valence-corrected chi connectivity index (χ2v) is 6.57. The second-order valence-electron chi connectivity index (χ2n) is 4.86. The van der Waals surface area contributed by atoms with Crippen LogP contribution in [0.25, 0.3) is 10.8 Å². The first-order valence-corrected chi connectivity index (χ1v) is 8.13. The fraction of sp³-hybridized carbons (Fsp3) is 0.200. The molecule has 2 unspecified atom stereocenters. The standard InChI is InChI=1S/C15H13Br2NO5/c16-8-2-3-9-7(5-8)1-4-10(13(9)17)23-11(6-12(19)20)14(18)15(21)22/h1-5,11,14H,6,18H2,(H,19,20)(H,21,22). The highest BCUT2D eigenvalue weighted by atomic mass is 79.9. The Balaban J connectivity index is 2.37. The minimum atomic E-state index is -1.45. The van der Waals surface area contributed by atoms with Crippen molar-refractivity contribution in [1.29, 1.82) is 0 Å². The highest BCUT2D eigenvalue weighted by molar-refractivity contribution is 9.11. The lowest BCUT2D eigenvalue weighted by molar-refractivity contribution is -0.143. The van der Waals surface area contributed by atoms with Crippen molar-refractivity contribution in [2.24, 2.45) is 5.73 Å². The minimum absolute atomic E-state index is 0.336. The number of ether oxygens (including phenoxy) is 1. The number of aliphatic carboxylic acids is 2. The van der Waals surface area contributed by atoms with Crippen LogP contribution >= 0.6 is 31.9 Å². The molecule has 0 bridgehead atoms. The summed E-state index contributed by atoms with van der Waals surface area (Å²) in [6.07, 6.45) is -1.70. The zero-order chi connectivity index (χ0) is 17.1. The molecule has 2 rings (SSSR count). The van der Waals surface area contributed by atoms with E-state index < -0.39 is 30.5 Å². The van der Waals surface area contributed by atoms with E-state index in [0.717, 1.165) is 15.2 Å². The zero-order valence-corrected chi connectivity index (χ0v) is 14.9. The summed E-state index contributed by atoms with van der Waals surface area (Å²) < 4.78 is 7.10. The van der Waals surface area contributed by atoms with E-state index in [2.05, 4.69) is 31.9 Å². The zero-order valence-electron chi connectivity index (χ0n) is 11.7. The SMILES string of the molecule is NC(C(=O)O)C(CC(=O)O)Oc1ccc2cc(Br)ccc2c1Br. The molecule has 23 heavy (non-hydrogen) atoms. The molecule has 0 aliphatic heterocycles. The summed E-state index contributed by atoms with van der Waals surface area (Å²) in [6, 6.07) is 7.63. The first-order chi connectivity index (χ1) is 10.8. The third kappa shape index (κ3) is 4.21. The molecule has 0 radical (unpaired) electrons. The summed E-state index contributed by atoms with van der Waals surface area (Å²) in [5.74, 6) is -2.17. The van der Waals surface area contributed by atoms with Crippen LogP contribution in [-0.4, -0.2) is 34.3 Å². The molecule has 0 aromatic heterocycles. The molecule has 6 nitrogen and oxygen atoms in total. The van der Waals surface area contributed by atoms with Crippen LogP contribution < -0.4 is 10.5 Å². The lowest BCUT2D eigenvalue weighted by atomic mass is 10.1. The quantitative estimate of drug-likeness (QED) is 0.629. The van der Waals surface area contributed by atoms with Gasteiger partial charge in [0.1, 0.15) is 17.9 Å². The van der Waals surface area contributed by atoms with Gasteiger partial charge < -0.3 is 20.7 Å². The van der Waals surface area contributed by atoms with Crippen molar-refractivity contribution in [2.75, 3.05) is 0 Å². The molecule has 0 fully saturated rings. The van der Waals surface area contributed by atoms with Crippen molar-refractivity contribution in [3.8, 4) is 5.75 Å². The Morgan fingerprint density at radius 3 is 2.48 bits per heavy atom. The second kappa shape index (κ2) is 7.29. The van der Waals surface area contributed by atoms with Gasteiger partial charge in [-0.15, -0.1) is 0 Å². The molecule has 0 spiro atoms. The van der Waals surface area contributed by atoms with Gasteiger partial charge in [0.2, 0.25) is 0 Å². The maximum atomic E-state index is 11.0. The van der Waals surface area contributed by atoms with Crippen molar-refractivity contribution in [3.63, 3.8) is 0 Å². The van der Waals surface area contributed by atoms with Crippen LogP contribution in [0.3, 0.4) is 0 Å². The molecule has 122 valence electrons. The van der Waals surface area contributed by atoms with E-state index in [9.17, 15) is 9.59 Å². The van der Waals surface area contributed by atoms with E-state index in [1.807, 2.05) is 18.2 Å². The largest absolute Gasteiger partial charge is 0.486 e. The molecule has 0 saturated carbocycles. The number of carboxylic acid groups (broad SMARTS) is 2. The Kier molecular flexibility index (Phi) is 5.61. The van der Waals surface area contributed by atoms with Gasteiger partial charge in [0.05, 0.1) is 10.9 Å². The lowest BCUT2D eigenvalue weighted by Gasteiger charge is -2.22. The molecule has 0 amide bonds. The van der Waals surface area contributed by atoms with Crippen LogP contribution in [0.1, 0.15) is 6.42 Å². The first-order valence-electron chi connectivity index (χ1n) is 6.54. The van der Waals surface area contributed by atoms with Gasteiger partial charge in [-0.05, 0) is 44.9 Å². The Labute approximate surface area is 148 Å². The third-order valence-corrected chi connectivity index (χ3v) is 4.53. The van der Waals surface area contributed by atoms with E-state index in [1.165, 1.54) is 0 Å². The number of rotatable bonds is 6. The van der Waals surface area contributed by atoms with Gasteiger partial charge in [0.25, 0.3) is 0 Å². The fourth-order valence-electron chi connectivity index (χ4n) is 2.07. The van der Waals surface area contributed by atoms with E-state index >= 15 is 0 Å². The van der Waals surface area contributed by atoms with Gasteiger partial charge in [-0.1, -0.05) is 28.1 Å². The summed E-state index contributed by atoms with van der Waals surface area (Å²) in [7, 11) is 0. The van der Waals surface area contributed by atoms with Crippen LogP contribution in [-0.2, 0) is 9.59 Å². The smallest absolute Gasteiger partial charge is 0.324 e. The van der Waals surface area contributed by atoms with Gasteiger partial charge in [-0.3, -0.25) is 9.59 Å². The summed E-state index contributed by atoms with van der Waals surface area (Å²) in [5.41, 5.74) is 5.53. The third-order valence-electron chi connectivity index (χ3n) is 3.22. The molecule has 2 aromatic rings. The van der Waals surface area contributed by atoms with E-state index in [-0.39, 0.29) is 0 Å². The predicted molar refractivity (Wildman–Crippen MR) is 91.6 cm³/mol. The number of carboxylic acids is 2. The molecule has 0 saturated heterocycles. The number of halogens is 2. The van der Waals surface area contributed by atoms with Crippen molar-refractivity contribution in [2.45, 2.75) is 18.6 Å². The van der Waals surface area contributed by atoms with Crippen molar-refractivity contribution < 1.29 is 24.5 Å². The van der Waals surface area contributed by atoms with Crippen LogP contribution in [0.2, 0.25) is 0 Å². The lowest BCUT2D eigenvalue weighted by Crippen LogP contribution is -2.46. The van der Waals surface area contributed by atoms with Gasteiger partial charge >= 0.3 is 11.9 Å². The number of fused-ring (bicyclic) bond motifs is 1. The summed E-state index contributed by atoms with van der Waals surface area (Å²) >= 11 is 6.80. The monoisotopic (exact) mass is 445 g/mol. The van der Waals surface area contributed by atoms with Gasteiger partial charge in [0.15, 0.2) is 0 Å². The molecular formula is C15H13Br2NO5. The Hall–Kier alpha value is -1.64. The number of benzene rings is 2. The molecule has 0 heterocycles. The van der Waals surface area contributed by atoms with E-state index in [1.54, 1.807) is 12.1 Å². The normalized spacial score (nSPS) is 13.5. The summed E-state index contributed by atoms with van der Waals surface area (Å²) in [5, 5.41) is 19.7. The number of hydrogen-bond acceptors (Lipinski definition) is 4. The highest BCUT2D eigenvalue weighted by Crippen LogP contribution is 2.35. The maximum absolute atomic E-state index is 11.0. The minimum Gasteiger partial charge on any atom is -0.486 e. The van der Waals surface area contributed by atoms with Crippen LogP contribution in [0.5, 0.6) is 5.75 Å². The number of hydrogen-bond donors (Lipinski definition) is 3. The van der Waals surface area contributed by atoms with Crippen LogP contribution in [0.15, 0.2) is 39.3 Å². The maximum Gasteiger partial charge on any atom is 0.324 e. The topological polar surface area (TPSA) is 110 Å². The predicted octanol–water partition coefficient (Wildman–Crippen LogP) is 3.00. The van der Waals surface area contributed by atoms with Crippen LogP contribution in [0.4, 0.5) is 0 Å². The molecule has 0 aliphatic carbocycles. The molecule has 2 aromatic carbocycles. The summed E-state index contributed by atoms with van der Waals surface area (Å²) in [6.45, 7) is 0. The molecular weight excluding hydrogens is 434 g/mol. The summed E-state index contributed by atoms with van der Waals surface area (Å²) in [4.78, 5) is 21.9. The number of nitrogens with two attached hydrogens (primary N) is 1. The molecule has 4 N–H and O–H groups in total. The van der Waals surface area contributed by atoms with E-state index in [4.69, 9.17) is 20.7 Å². The average molecular weight is 447 g/mol. The molecule has 8 heteroatoms. The Morgan fingerprint density at radius 2 is 1.87 bits per heavy atom. The average Bonchev–Trinajstić information content (AvgIpc) is 2.47. The van der Waals surface area contributed by atoms with Crippen LogP contribution in [0, 0.1) is 0 Å². The fourth-order valence-corrected chi connectivity index (χ4v) is 3.04. The van der Waals surface area contributed by atoms with Gasteiger partial charge in [-0.2, -0.15) is 0 Å². The van der Waals surface area contributed by atoms with Crippen molar-refractivity contribution in [1.82, 2.24) is 0 Å².